The standard InChI is InChI=1S/C15H19NO3/c1-3-19-11-5-6-14-12(8-11)13(9-16-14)10(2)4-7-15(17)18/h5-6,8-10,16H,3-4,7H2,1-2H3,(H,17,18). The van der Waals surface area contributed by atoms with E-state index in [9.17, 15) is 4.79 Å². The Morgan fingerprint density at radius 2 is 2.26 bits per heavy atom. The van der Waals surface area contributed by atoms with Crippen molar-refractivity contribution in [1.29, 1.82) is 0 Å². The Labute approximate surface area is 112 Å². The number of H-pyrrole nitrogens is 1. The summed E-state index contributed by atoms with van der Waals surface area (Å²) < 4.78 is 5.51. The number of aromatic nitrogens is 1. The maximum absolute atomic E-state index is 10.6. The average Bonchev–Trinajstić information content (AvgIpc) is 2.79. The second-order valence-electron chi connectivity index (χ2n) is 4.72. The van der Waals surface area contributed by atoms with Crippen LogP contribution in [0.2, 0.25) is 0 Å². The minimum Gasteiger partial charge on any atom is -0.494 e. The smallest absolute Gasteiger partial charge is 0.303 e. The molecule has 0 saturated heterocycles. The summed E-state index contributed by atoms with van der Waals surface area (Å²) in [5.74, 6) is 0.310. The van der Waals surface area contributed by atoms with E-state index in [4.69, 9.17) is 9.84 Å². The number of aromatic amines is 1. The number of nitrogens with one attached hydrogen (secondary N) is 1. The van der Waals surface area contributed by atoms with Gasteiger partial charge in [-0.2, -0.15) is 0 Å². The second kappa shape index (κ2) is 5.78. The number of benzene rings is 1. The van der Waals surface area contributed by atoms with Crippen LogP contribution in [0.25, 0.3) is 10.9 Å². The van der Waals surface area contributed by atoms with Gasteiger partial charge in [0.2, 0.25) is 0 Å². The molecule has 0 radical (unpaired) electrons. The van der Waals surface area contributed by atoms with Crippen LogP contribution >= 0.6 is 0 Å². The summed E-state index contributed by atoms with van der Waals surface area (Å²) >= 11 is 0. The Bertz CT molecular complexity index is 574. The van der Waals surface area contributed by atoms with Crippen LogP contribution in [0.5, 0.6) is 5.75 Å². The number of hydrogen-bond donors (Lipinski definition) is 2. The van der Waals surface area contributed by atoms with E-state index in [2.05, 4.69) is 11.9 Å². The number of carbonyl (C=O) groups is 1. The Morgan fingerprint density at radius 1 is 1.47 bits per heavy atom. The molecule has 4 heteroatoms. The molecule has 0 aliphatic heterocycles. The first-order valence-corrected chi connectivity index (χ1v) is 6.57. The molecule has 1 atom stereocenters. The van der Waals surface area contributed by atoms with Gasteiger partial charge in [0.15, 0.2) is 0 Å². The lowest BCUT2D eigenvalue weighted by molar-refractivity contribution is -0.137. The molecule has 0 bridgehead atoms. The molecule has 102 valence electrons. The predicted molar refractivity (Wildman–Crippen MR) is 74.8 cm³/mol. The van der Waals surface area contributed by atoms with Crippen molar-refractivity contribution in [3.05, 3.63) is 30.0 Å². The molecular formula is C15H19NO3. The highest BCUT2D eigenvalue weighted by atomic mass is 16.5. The first kappa shape index (κ1) is 13.5. The summed E-state index contributed by atoms with van der Waals surface area (Å²) in [6, 6.07) is 5.95. The summed E-state index contributed by atoms with van der Waals surface area (Å²) in [5.41, 5.74) is 2.21. The van der Waals surface area contributed by atoms with Crippen molar-refractivity contribution in [3.8, 4) is 5.75 Å². The van der Waals surface area contributed by atoms with Gasteiger partial charge < -0.3 is 14.8 Å². The van der Waals surface area contributed by atoms with Crippen molar-refractivity contribution in [1.82, 2.24) is 4.98 Å². The summed E-state index contributed by atoms with van der Waals surface area (Å²) in [5, 5.41) is 9.87. The first-order chi connectivity index (χ1) is 9.11. The topological polar surface area (TPSA) is 62.3 Å². The van der Waals surface area contributed by atoms with Crippen molar-refractivity contribution in [2.75, 3.05) is 6.61 Å². The lowest BCUT2D eigenvalue weighted by atomic mass is 9.96. The number of rotatable bonds is 6. The highest BCUT2D eigenvalue weighted by Gasteiger charge is 2.13. The average molecular weight is 261 g/mol. The van der Waals surface area contributed by atoms with Crippen LogP contribution < -0.4 is 4.74 Å². The molecule has 0 amide bonds. The maximum atomic E-state index is 10.6. The molecular weight excluding hydrogens is 242 g/mol. The zero-order valence-corrected chi connectivity index (χ0v) is 11.3. The van der Waals surface area contributed by atoms with Crippen LogP contribution in [0.3, 0.4) is 0 Å². The van der Waals surface area contributed by atoms with E-state index in [1.165, 1.54) is 0 Å². The lowest BCUT2D eigenvalue weighted by Gasteiger charge is -2.09. The highest BCUT2D eigenvalue weighted by Crippen LogP contribution is 2.30. The number of fused-ring (bicyclic) bond motifs is 1. The molecule has 2 aromatic rings. The maximum Gasteiger partial charge on any atom is 0.303 e. The van der Waals surface area contributed by atoms with Gasteiger partial charge in [0.1, 0.15) is 5.75 Å². The van der Waals surface area contributed by atoms with Crippen LogP contribution in [0.4, 0.5) is 0 Å². The van der Waals surface area contributed by atoms with Crippen LogP contribution in [-0.4, -0.2) is 22.7 Å². The molecule has 0 aliphatic rings. The summed E-state index contributed by atoms with van der Waals surface area (Å²) in [6.07, 6.45) is 2.80. The minimum absolute atomic E-state index is 0.193. The van der Waals surface area contributed by atoms with Crippen molar-refractivity contribution in [2.24, 2.45) is 0 Å². The molecule has 0 fully saturated rings. The van der Waals surface area contributed by atoms with Crippen LogP contribution in [0.1, 0.15) is 38.2 Å². The van der Waals surface area contributed by atoms with Gasteiger partial charge in [-0.1, -0.05) is 6.92 Å². The molecule has 2 rings (SSSR count). The molecule has 0 saturated carbocycles. The van der Waals surface area contributed by atoms with E-state index in [1.54, 1.807) is 0 Å². The number of ether oxygens (including phenoxy) is 1. The van der Waals surface area contributed by atoms with Gasteiger partial charge in [-0.05, 0) is 43.0 Å². The Kier molecular flexibility index (Phi) is 4.10. The van der Waals surface area contributed by atoms with Gasteiger partial charge in [0.05, 0.1) is 6.61 Å². The van der Waals surface area contributed by atoms with Crippen LogP contribution in [-0.2, 0) is 4.79 Å². The molecule has 1 aromatic carbocycles. The SMILES string of the molecule is CCOc1ccc2[nH]cc(C(C)CCC(=O)O)c2c1. The minimum atomic E-state index is -0.748. The fourth-order valence-corrected chi connectivity index (χ4v) is 2.28. The van der Waals surface area contributed by atoms with Crippen molar-refractivity contribution in [2.45, 2.75) is 32.6 Å². The first-order valence-electron chi connectivity index (χ1n) is 6.57. The highest BCUT2D eigenvalue weighted by molar-refractivity contribution is 5.85. The Balaban J connectivity index is 2.26. The zero-order valence-electron chi connectivity index (χ0n) is 11.3. The molecule has 1 heterocycles. The number of carboxylic acids is 1. The number of carboxylic acid groups (broad SMARTS) is 1. The summed E-state index contributed by atoms with van der Waals surface area (Å²) in [7, 11) is 0. The van der Waals surface area contributed by atoms with E-state index < -0.39 is 5.97 Å². The largest absolute Gasteiger partial charge is 0.494 e. The monoisotopic (exact) mass is 261 g/mol. The van der Waals surface area contributed by atoms with Crippen LogP contribution in [0, 0.1) is 0 Å². The molecule has 2 N–H and O–H groups in total. The molecule has 1 unspecified atom stereocenters. The van der Waals surface area contributed by atoms with Gasteiger partial charge in [0.25, 0.3) is 0 Å². The fourth-order valence-electron chi connectivity index (χ4n) is 2.28. The van der Waals surface area contributed by atoms with Crippen LogP contribution in [0.15, 0.2) is 24.4 Å². The van der Waals surface area contributed by atoms with Crippen molar-refractivity contribution < 1.29 is 14.6 Å². The Morgan fingerprint density at radius 3 is 2.95 bits per heavy atom. The van der Waals surface area contributed by atoms with Crippen molar-refractivity contribution in [3.63, 3.8) is 0 Å². The third-order valence-electron chi connectivity index (χ3n) is 3.32. The van der Waals surface area contributed by atoms with Gasteiger partial charge >= 0.3 is 5.97 Å². The van der Waals surface area contributed by atoms with Gasteiger partial charge in [-0.3, -0.25) is 4.79 Å². The fraction of sp³-hybridized carbons (Fsp3) is 0.400. The predicted octanol–water partition coefficient (Wildman–Crippen LogP) is 3.53. The van der Waals surface area contributed by atoms with Crippen molar-refractivity contribution >= 4 is 16.9 Å². The third-order valence-corrected chi connectivity index (χ3v) is 3.32. The Hall–Kier alpha value is -1.97. The number of hydrogen-bond acceptors (Lipinski definition) is 2. The summed E-state index contributed by atoms with van der Waals surface area (Å²) in [6.45, 7) is 4.65. The van der Waals surface area contributed by atoms with Gasteiger partial charge in [-0.25, -0.2) is 0 Å². The van der Waals surface area contributed by atoms with E-state index >= 15 is 0 Å². The zero-order chi connectivity index (χ0) is 13.8. The molecule has 0 aliphatic carbocycles. The third kappa shape index (κ3) is 3.08. The van der Waals surface area contributed by atoms with E-state index in [0.29, 0.717) is 13.0 Å². The molecule has 1 aromatic heterocycles. The van der Waals surface area contributed by atoms with E-state index in [-0.39, 0.29) is 12.3 Å². The molecule has 0 spiro atoms. The van der Waals surface area contributed by atoms with Gasteiger partial charge in [-0.15, -0.1) is 0 Å². The van der Waals surface area contributed by atoms with E-state index in [1.807, 2.05) is 31.3 Å². The second-order valence-corrected chi connectivity index (χ2v) is 4.72. The normalized spacial score (nSPS) is 12.5. The van der Waals surface area contributed by atoms with E-state index in [0.717, 1.165) is 22.2 Å². The molecule has 19 heavy (non-hydrogen) atoms. The molecule has 4 nitrogen and oxygen atoms in total. The quantitative estimate of drug-likeness (QED) is 0.836. The number of aliphatic carboxylic acids is 1. The lowest BCUT2D eigenvalue weighted by Crippen LogP contribution is -1.99. The summed E-state index contributed by atoms with van der Waals surface area (Å²) in [4.78, 5) is 13.9. The van der Waals surface area contributed by atoms with Gasteiger partial charge in [0, 0.05) is 23.5 Å².